The molecule has 0 radical (unpaired) electrons. The van der Waals surface area contributed by atoms with Crippen molar-refractivity contribution in [2.24, 2.45) is 0 Å². The van der Waals surface area contributed by atoms with Gasteiger partial charge in [0, 0.05) is 18.6 Å². The monoisotopic (exact) mass is 168 g/mol. The molecule has 2 heterocycles. The highest BCUT2D eigenvalue weighted by molar-refractivity contribution is 4.87. The van der Waals surface area contributed by atoms with Crippen LogP contribution in [0.4, 0.5) is 0 Å². The van der Waals surface area contributed by atoms with Gasteiger partial charge in [-0.3, -0.25) is 4.90 Å². The first-order valence-corrected chi connectivity index (χ1v) is 5.18. The number of likely N-dealkylation sites (N-methyl/N-ethyl adjacent to an activating group) is 2. The van der Waals surface area contributed by atoms with Crippen LogP contribution in [0, 0.1) is 0 Å². The van der Waals surface area contributed by atoms with Gasteiger partial charge in [-0.1, -0.05) is 6.42 Å². The lowest BCUT2D eigenvalue weighted by molar-refractivity contribution is 0.119. The Bertz CT molecular complexity index is 158. The highest BCUT2D eigenvalue weighted by Gasteiger charge is 2.30. The van der Waals surface area contributed by atoms with Gasteiger partial charge in [0.2, 0.25) is 0 Å². The van der Waals surface area contributed by atoms with Gasteiger partial charge in [0.1, 0.15) is 0 Å². The van der Waals surface area contributed by atoms with E-state index < -0.39 is 0 Å². The molecular weight excluding hydrogens is 148 g/mol. The minimum Gasteiger partial charge on any atom is -0.305 e. The van der Waals surface area contributed by atoms with E-state index in [0.29, 0.717) is 0 Å². The molecule has 0 N–H and O–H groups in total. The van der Waals surface area contributed by atoms with E-state index in [-0.39, 0.29) is 0 Å². The highest BCUT2D eigenvalue weighted by Crippen LogP contribution is 2.26. The van der Waals surface area contributed by atoms with E-state index in [2.05, 4.69) is 23.9 Å². The zero-order chi connectivity index (χ0) is 8.55. The summed E-state index contributed by atoms with van der Waals surface area (Å²) in [6.45, 7) is 2.58. The standard InChI is InChI=1S/C10H20N2/c1-11-7-6-9-4-3-5-10(8-11)12(9)2/h9-10H,3-8H2,1-2H3. The summed E-state index contributed by atoms with van der Waals surface area (Å²) in [7, 11) is 4.57. The van der Waals surface area contributed by atoms with Gasteiger partial charge in [-0.2, -0.15) is 0 Å². The Hall–Kier alpha value is -0.0800. The minimum absolute atomic E-state index is 0.844. The van der Waals surface area contributed by atoms with E-state index in [9.17, 15) is 0 Å². The summed E-state index contributed by atoms with van der Waals surface area (Å²) in [5.41, 5.74) is 0. The molecule has 2 unspecified atom stereocenters. The van der Waals surface area contributed by atoms with Crippen LogP contribution in [0.25, 0.3) is 0 Å². The summed E-state index contributed by atoms with van der Waals surface area (Å²) in [5.74, 6) is 0. The van der Waals surface area contributed by atoms with Crippen molar-refractivity contribution in [2.75, 3.05) is 27.2 Å². The van der Waals surface area contributed by atoms with Crippen molar-refractivity contribution < 1.29 is 0 Å². The first kappa shape index (κ1) is 8.52. The van der Waals surface area contributed by atoms with Crippen molar-refractivity contribution in [3.63, 3.8) is 0 Å². The largest absolute Gasteiger partial charge is 0.305 e. The topological polar surface area (TPSA) is 6.48 Å². The lowest BCUT2D eigenvalue weighted by Gasteiger charge is -2.37. The molecule has 0 saturated carbocycles. The van der Waals surface area contributed by atoms with E-state index in [4.69, 9.17) is 0 Å². The van der Waals surface area contributed by atoms with E-state index >= 15 is 0 Å². The van der Waals surface area contributed by atoms with E-state index in [1.54, 1.807) is 0 Å². The summed E-state index contributed by atoms with van der Waals surface area (Å²) in [6, 6.07) is 1.73. The molecule has 0 aromatic heterocycles. The number of piperidine rings is 1. The van der Waals surface area contributed by atoms with E-state index in [1.165, 1.54) is 38.8 Å². The number of fused-ring (bicyclic) bond motifs is 2. The minimum atomic E-state index is 0.844. The van der Waals surface area contributed by atoms with Crippen molar-refractivity contribution in [1.82, 2.24) is 9.80 Å². The van der Waals surface area contributed by atoms with Crippen LogP contribution in [0.15, 0.2) is 0 Å². The van der Waals surface area contributed by atoms with Crippen LogP contribution < -0.4 is 0 Å². The molecule has 0 spiro atoms. The second-order valence-electron chi connectivity index (χ2n) is 4.45. The SMILES string of the molecule is CN1CCC2CCCC(C1)N2C. The third-order valence-corrected chi connectivity index (χ3v) is 3.59. The molecule has 2 heteroatoms. The van der Waals surface area contributed by atoms with Crippen LogP contribution in [-0.2, 0) is 0 Å². The molecule has 2 fully saturated rings. The molecule has 2 aliphatic rings. The molecule has 2 nitrogen and oxygen atoms in total. The summed E-state index contributed by atoms with van der Waals surface area (Å²) in [5, 5.41) is 0. The predicted molar refractivity (Wildman–Crippen MR) is 51.3 cm³/mol. The zero-order valence-corrected chi connectivity index (χ0v) is 8.29. The molecule has 0 aromatic carbocycles. The maximum Gasteiger partial charge on any atom is 0.0222 e. The Balaban J connectivity index is 2.08. The summed E-state index contributed by atoms with van der Waals surface area (Å²) in [4.78, 5) is 5.11. The van der Waals surface area contributed by atoms with Gasteiger partial charge < -0.3 is 4.90 Å². The molecule has 12 heavy (non-hydrogen) atoms. The Kier molecular flexibility index (Phi) is 2.37. The normalized spacial score (nSPS) is 39.5. The molecule has 0 aromatic rings. The Morgan fingerprint density at radius 1 is 1.00 bits per heavy atom. The Labute approximate surface area is 75.5 Å². The molecular formula is C10H20N2. The average molecular weight is 168 g/mol. The van der Waals surface area contributed by atoms with Gasteiger partial charge in [-0.05, 0) is 39.9 Å². The molecule has 0 aliphatic carbocycles. The Morgan fingerprint density at radius 2 is 1.75 bits per heavy atom. The van der Waals surface area contributed by atoms with Crippen molar-refractivity contribution in [1.29, 1.82) is 0 Å². The van der Waals surface area contributed by atoms with Crippen LogP contribution in [-0.4, -0.2) is 49.1 Å². The molecule has 2 bridgehead atoms. The number of nitrogens with zero attached hydrogens (tertiary/aromatic N) is 2. The quantitative estimate of drug-likeness (QED) is 0.536. The first-order chi connectivity index (χ1) is 5.77. The molecule has 70 valence electrons. The van der Waals surface area contributed by atoms with Crippen LogP contribution in [0.5, 0.6) is 0 Å². The summed E-state index contributed by atoms with van der Waals surface area (Å²) >= 11 is 0. The maximum atomic E-state index is 2.62. The van der Waals surface area contributed by atoms with Gasteiger partial charge in [0.25, 0.3) is 0 Å². The van der Waals surface area contributed by atoms with Gasteiger partial charge in [-0.25, -0.2) is 0 Å². The van der Waals surface area contributed by atoms with Crippen LogP contribution >= 0.6 is 0 Å². The van der Waals surface area contributed by atoms with Gasteiger partial charge in [0.15, 0.2) is 0 Å². The molecule has 2 rings (SSSR count). The first-order valence-electron chi connectivity index (χ1n) is 5.18. The van der Waals surface area contributed by atoms with Crippen molar-refractivity contribution in [3.8, 4) is 0 Å². The smallest absolute Gasteiger partial charge is 0.0222 e. The Morgan fingerprint density at radius 3 is 2.58 bits per heavy atom. The zero-order valence-electron chi connectivity index (χ0n) is 8.29. The number of hydrogen-bond donors (Lipinski definition) is 0. The van der Waals surface area contributed by atoms with Crippen LogP contribution in [0.3, 0.4) is 0 Å². The van der Waals surface area contributed by atoms with E-state index in [0.717, 1.165) is 12.1 Å². The van der Waals surface area contributed by atoms with Gasteiger partial charge >= 0.3 is 0 Å². The predicted octanol–water partition coefficient (Wildman–Crippen LogP) is 1.17. The maximum absolute atomic E-state index is 2.62. The lowest BCUT2D eigenvalue weighted by atomic mass is 9.96. The second kappa shape index (κ2) is 3.35. The molecule has 2 saturated heterocycles. The van der Waals surface area contributed by atoms with Gasteiger partial charge in [-0.15, -0.1) is 0 Å². The fraction of sp³-hybridized carbons (Fsp3) is 1.00. The number of rotatable bonds is 0. The van der Waals surface area contributed by atoms with Crippen molar-refractivity contribution in [2.45, 2.75) is 37.8 Å². The molecule has 0 amide bonds. The lowest BCUT2D eigenvalue weighted by Crippen LogP contribution is -2.45. The summed E-state index contributed by atoms with van der Waals surface area (Å²) < 4.78 is 0. The van der Waals surface area contributed by atoms with Crippen molar-refractivity contribution >= 4 is 0 Å². The average Bonchev–Trinajstić information content (AvgIpc) is 2.17. The van der Waals surface area contributed by atoms with E-state index in [1.807, 2.05) is 0 Å². The fourth-order valence-corrected chi connectivity index (χ4v) is 2.68. The summed E-state index contributed by atoms with van der Waals surface area (Å²) in [6.07, 6.45) is 5.68. The fourth-order valence-electron chi connectivity index (χ4n) is 2.68. The van der Waals surface area contributed by atoms with Crippen LogP contribution in [0.2, 0.25) is 0 Å². The van der Waals surface area contributed by atoms with Crippen molar-refractivity contribution in [3.05, 3.63) is 0 Å². The highest BCUT2D eigenvalue weighted by atomic mass is 15.2. The third kappa shape index (κ3) is 1.50. The third-order valence-electron chi connectivity index (χ3n) is 3.59. The number of hydrogen-bond acceptors (Lipinski definition) is 2. The molecule has 2 aliphatic heterocycles. The molecule has 2 atom stereocenters. The van der Waals surface area contributed by atoms with Gasteiger partial charge in [0.05, 0.1) is 0 Å². The van der Waals surface area contributed by atoms with Crippen LogP contribution in [0.1, 0.15) is 25.7 Å². The second-order valence-corrected chi connectivity index (χ2v) is 4.45.